The van der Waals surface area contributed by atoms with Crippen molar-refractivity contribution in [1.29, 1.82) is 10.7 Å². The number of nitrogens with one attached hydrogen (secondary N) is 1. The summed E-state index contributed by atoms with van der Waals surface area (Å²) in [5.41, 5.74) is 0.475. The van der Waals surface area contributed by atoms with Gasteiger partial charge in [-0.05, 0) is 37.5 Å². The van der Waals surface area contributed by atoms with Crippen LogP contribution in [0.1, 0.15) is 31.2 Å². The fourth-order valence-electron chi connectivity index (χ4n) is 5.34. The number of amides is 1. The van der Waals surface area contributed by atoms with Crippen molar-refractivity contribution in [2.75, 3.05) is 18.6 Å². The Hall–Kier alpha value is -3.93. The first-order chi connectivity index (χ1) is 16.4. The third-order valence-corrected chi connectivity index (χ3v) is 6.94. The maximum Gasteiger partial charge on any atom is 0.415 e. The Labute approximate surface area is 196 Å². The highest BCUT2D eigenvalue weighted by Gasteiger charge is 2.52. The SMILES string of the molecule is COc1cccc(N2CC3(CCCC(C=N)(Cn4cnc5cc(F)c(C#N)cc54)C3)OC2=O)c1. The van der Waals surface area contributed by atoms with E-state index in [0.717, 1.165) is 12.8 Å². The molecule has 5 rings (SSSR count). The molecule has 174 valence electrons. The van der Waals surface area contributed by atoms with E-state index in [1.807, 2.05) is 28.8 Å². The second-order valence-corrected chi connectivity index (χ2v) is 9.18. The lowest BCUT2D eigenvalue weighted by Gasteiger charge is -2.42. The van der Waals surface area contributed by atoms with Crippen molar-refractivity contribution < 1.29 is 18.7 Å². The third-order valence-electron chi connectivity index (χ3n) is 6.94. The van der Waals surface area contributed by atoms with Crippen LogP contribution in [0.25, 0.3) is 11.0 Å². The molecule has 1 amide bonds. The molecule has 3 aromatic rings. The number of nitriles is 1. The average molecular weight is 461 g/mol. The van der Waals surface area contributed by atoms with Gasteiger partial charge in [0.05, 0.1) is 42.3 Å². The van der Waals surface area contributed by atoms with Gasteiger partial charge in [-0.15, -0.1) is 0 Å². The molecule has 1 N–H and O–H groups in total. The summed E-state index contributed by atoms with van der Waals surface area (Å²) in [6, 6.07) is 11.9. The van der Waals surface area contributed by atoms with Crippen LogP contribution in [0.5, 0.6) is 5.75 Å². The number of benzene rings is 2. The van der Waals surface area contributed by atoms with Crippen molar-refractivity contribution in [1.82, 2.24) is 9.55 Å². The zero-order valence-corrected chi connectivity index (χ0v) is 18.8. The normalized spacial score (nSPS) is 24.3. The smallest absolute Gasteiger partial charge is 0.415 e. The van der Waals surface area contributed by atoms with Gasteiger partial charge in [-0.2, -0.15) is 5.26 Å². The second kappa shape index (κ2) is 8.13. The van der Waals surface area contributed by atoms with Gasteiger partial charge in [-0.1, -0.05) is 6.07 Å². The maximum absolute atomic E-state index is 14.0. The van der Waals surface area contributed by atoms with E-state index in [9.17, 15) is 14.4 Å². The number of imidazole rings is 1. The van der Waals surface area contributed by atoms with Crippen molar-refractivity contribution in [2.24, 2.45) is 5.41 Å². The number of carbonyl (C=O) groups is 1. The highest BCUT2D eigenvalue weighted by molar-refractivity contribution is 5.90. The molecule has 2 heterocycles. The first-order valence-corrected chi connectivity index (χ1v) is 11.1. The van der Waals surface area contributed by atoms with E-state index in [4.69, 9.17) is 14.9 Å². The molecule has 8 nitrogen and oxygen atoms in total. The first-order valence-electron chi connectivity index (χ1n) is 11.1. The molecule has 2 atom stereocenters. The van der Waals surface area contributed by atoms with Gasteiger partial charge >= 0.3 is 6.09 Å². The molecule has 1 aliphatic carbocycles. The quantitative estimate of drug-likeness (QED) is 0.557. The Morgan fingerprint density at radius 2 is 2.21 bits per heavy atom. The minimum absolute atomic E-state index is 0.0445. The molecular formula is C25H24FN5O3. The summed E-state index contributed by atoms with van der Waals surface area (Å²) >= 11 is 0. The van der Waals surface area contributed by atoms with Crippen molar-refractivity contribution in [2.45, 2.75) is 37.8 Å². The van der Waals surface area contributed by atoms with Crippen LogP contribution in [0.3, 0.4) is 0 Å². The highest BCUT2D eigenvalue weighted by Crippen LogP contribution is 2.47. The summed E-state index contributed by atoms with van der Waals surface area (Å²) in [6.07, 6.45) is 5.39. The maximum atomic E-state index is 14.0. The van der Waals surface area contributed by atoms with Crippen molar-refractivity contribution >= 4 is 29.0 Å². The fourth-order valence-corrected chi connectivity index (χ4v) is 5.34. The molecule has 2 aromatic carbocycles. The molecule has 2 aliphatic rings. The number of carbonyl (C=O) groups excluding carboxylic acids is 1. The van der Waals surface area contributed by atoms with E-state index in [1.54, 1.807) is 24.4 Å². The van der Waals surface area contributed by atoms with Gasteiger partial charge in [0.25, 0.3) is 0 Å². The molecule has 2 unspecified atom stereocenters. The fraction of sp³-hybridized carbons (Fsp3) is 0.360. The van der Waals surface area contributed by atoms with Gasteiger partial charge in [0.1, 0.15) is 23.2 Å². The number of anilines is 1. The summed E-state index contributed by atoms with van der Waals surface area (Å²) in [7, 11) is 1.58. The number of hydrogen-bond acceptors (Lipinski definition) is 6. The summed E-state index contributed by atoms with van der Waals surface area (Å²) in [5, 5.41) is 17.5. The Morgan fingerprint density at radius 3 is 2.97 bits per heavy atom. The number of ether oxygens (including phenoxy) is 2. The minimum Gasteiger partial charge on any atom is -0.497 e. The second-order valence-electron chi connectivity index (χ2n) is 9.18. The summed E-state index contributed by atoms with van der Waals surface area (Å²) < 4.78 is 27.1. The molecule has 1 saturated heterocycles. The standard InChI is InChI=1S/C25H24FN5O3/c1-33-19-5-2-4-18(9-19)31-15-25(34-23(31)32)7-3-6-24(12-25,13-28)14-30-16-29-21-10-20(26)17(11-27)8-22(21)30/h2,4-5,8-10,13,16,28H,3,6-7,12,14-15H2,1H3. The van der Waals surface area contributed by atoms with Crippen LogP contribution in [-0.4, -0.2) is 41.1 Å². The molecule has 1 saturated carbocycles. The van der Waals surface area contributed by atoms with Crippen LogP contribution >= 0.6 is 0 Å². The van der Waals surface area contributed by atoms with Crippen molar-refractivity contribution in [3.8, 4) is 11.8 Å². The molecule has 1 aliphatic heterocycles. The van der Waals surface area contributed by atoms with Gasteiger partial charge in [0.15, 0.2) is 0 Å². The number of rotatable bonds is 5. The van der Waals surface area contributed by atoms with Crippen molar-refractivity contribution in [3.63, 3.8) is 0 Å². The molecule has 1 aromatic heterocycles. The minimum atomic E-state index is -0.712. The Morgan fingerprint density at radius 1 is 1.35 bits per heavy atom. The number of halogens is 1. The van der Waals surface area contributed by atoms with Crippen LogP contribution in [0.2, 0.25) is 0 Å². The summed E-state index contributed by atoms with van der Waals surface area (Å²) in [5.74, 6) is 0.0537. The molecule has 2 fully saturated rings. The number of aromatic nitrogens is 2. The molecular weight excluding hydrogens is 437 g/mol. The molecule has 9 heteroatoms. The Balaban J connectivity index is 1.43. The predicted octanol–water partition coefficient (Wildman–Crippen LogP) is 4.66. The highest BCUT2D eigenvalue weighted by atomic mass is 19.1. The van der Waals surface area contributed by atoms with Crippen LogP contribution < -0.4 is 9.64 Å². The Kier molecular flexibility index (Phi) is 5.24. The van der Waals surface area contributed by atoms with E-state index >= 15 is 0 Å². The van der Waals surface area contributed by atoms with Crippen molar-refractivity contribution in [3.05, 3.63) is 54.1 Å². The lowest BCUT2D eigenvalue weighted by molar-refractivity contribution is -0.00940. The van der Waals surface area contributed by atoms with E-state index < -0.39 is 22.9 Å². The van der Waals surface area contributed by atoms with Crippen LogP contribution in [0, 0.1) is 28.0 Å². The lowest BCUT2D eigenvalue weighted by Crippen LogP contribution is -2.46. The van der Waals surface area contributed by atoms with Gasteiger partial charge in [-0.3, -0.25) is 4.90 Å². The molecule has 0 bridgehead atoms. The van der Waals surface area contributed by atoms with Crippen LogP contribution in [0.15, 0.2) is 42.7 Å². The third kappa shape index (κ3) is 3.65. The van der Waals surface area contributed by atoms with E-state index in [0.29, 0.717) is 48.4 Å². The average Bonchev–Trinajstić information content (AvgIpc) is 3.37. The number of methoxy groups -OCH3 is 1. The molecule has 1 spiro atoms. The predicted molar refractivity (Wildman–Crippen MR) is 124 cm³/mol. The zero-order chi connectivity index (χ0) is 23.9. The van der Waals surface area contributed by atoms with Gasteiger partial charge in [0.2, 0.25) is 0 Å². The van der Waals surface area contributed by atoms with E-state index in [1.165, 1.54) is 18.3 Å². The first kappa shape index (κ1) is 21.9. The topological polar surface area (TPSA) is 104 Å². The number of fused-ring (bicyclic) bond motifs is 1. The number of nitrogens with zero attached hydrogens (tertiary/aromatic N) is 4. The largest absolute Gasteiger partial charge is 0.497 e. The van der Waals surface area contributed by atoms with Crippen LogP contribution in [-0.2, 0) is 11.3 Å². The monoisotopic (exact) mass is 461 g/mol. The van der Waals surface area contributed by atoms with E-state index in [2.05, 4.69) is 4.98 Å². The molecule has 34 heavy (non-hydrogen) atoms. The lowest BCUT2D eigenvalue weighted by atomic mass is 9.67. The number of hydrogen-bond donors (Lipinski definition) is 1. The molecule has 0 radical (unpaired) electrons. The zero-order valence-electron chi connectivity index (χ0n) is 18.8. The Bertz CT molecular complexity index is 1330. The van der Waals surface area contributed by atoms with Crippen LogP contribution in [0.4, 0.5) is 14.9 Å². The van der Waals surface area contributed by atoms with Gasteiger partial charge < -0.3 is 19.5 Å². The van der Waals surface area contributed by atoms with Gasteiger partial charge in [0, 0.05) is 36.7 Å². The van der Waals surface area contributed by atoms with Gasteiger partial charge in [-0.25, -0.2) is 14.2 Å². The summed E-state index contributed by atoms with van der Waals surface area (Å²) in [6.45, 7) is 0.811. The van der Waals surface area contributed by atoms with E-state index in [-0.39, 0.29) is 5.56 Å². The summed E-state index contributed by atoms with van der Waals surface area (Å²) in [4.78, 5) is 18.8.